The van der Waals surface area contributed by atoms with Crippen LogP contribution in [0.25, 0.3) is 0 Å². The molecule has 138 valence electrons. The molecular weight excluding hydrogens is 312 g/mol. The van der Waals surface area contributed by atoms with Crippen molar-refractivity contribution in [2.75, 3.05) is 0 Å². The van der Waals surface area contributed by atoms with Crippen molar-refractivity contribution in [2.24, 2.45) is 28.6 Å². The molecule has 0 spiro atoms. The number of hydrogen-bond donors (Lipinski definition) is 1. The molecule has 3 saturated carbocycles. The van der Waals surface area contributed by atoms with Crippen molar-refractivity contribution in [1.82, 2.24) is 0 Å². The Labute approximate surface area is 151 Å². The van der Waals surface area contributed by atoms with Crippen molar-refractivity contribution < 1.29 is 14.7 Å². The molecule has 0 unspecified atom stereocenters. The minimum absolute atomic E-state index is 0.0267. The summed E-state index contributed by atoms with van der Waals surface area (Å²) in [6.07, 6.45) is 10.3. The van der Waals surface area contributed by atoms with Crippen molar-refractivity contribution in [3.05, 3.63) is 11.6 Å². The maximum atomic E-state index is 12.4. The first-order valence-corrected chi connectivity index (χ1v) is 10.3. The van der Waals surface area contributed by atoms with Crippen molar-refractivity contribution in [3.8, 4) is 0 Å². The van der Waals surface area contributed by atoms with Crippen LogP contribution in [-0.2, 0) is 9.59 Å². The normalized spacial score (nSPS) is 49.0. The summed E-state index contributed by atoms with van der Waals surface area (Å²) in [5.74, 6) is 1.94. The van der Waals surface area contributed by atoms with Crippen LogP contribution in [0.3, 0.4) is 0 Å². The predicted octanol–water partition coefficient (Wildman–Crippen LogP) is 4.23. The van der Waals surface area contributed by atoms with Gasteiger partial charge in [-0.2, -0.15) is 0 Å². The highest BCUT2D eigenvalue weighted by Crippen LogP contribution is 2.68. The zero-order valence-corrected chi connectivity index (χ0v) is 15.9. The Kier molecular flexibility index (Phi) is 3.85. The van der Waals surface area contributed by atoms with E-state index >= 15 is 0 Å². The van der Waals surface area contributed by atoms with Gasteiger partial charge < -0.3 is 5.11 Å². The lowest BCUT2D eigenvalue weighted by Gasteiger charge is -2.59. The topological polar surface area (TPSA) is 54.4 Å². The number of ketones is 2. The summed E-state index contributed by atoms with van der Waals surface area (Å²) < 4.78 is 0. The van der Waals surface area contributed by atoms with Crippen LogP contribution >= 0.6 is 0 Å². The SMILES string of the molecule is CC[C@]12CC[C@H]3[C@@H](CCC4=CC(=O)CC[C@@]43C)[C@@H]1CC[C@]2(O)C(C)=O. The molecule has 0 bridgehead atoms. The van der Waals surface area contributed by atoms with Gasteiger partial charge in [0, 0.05) is 11.8 Å². The quantitative estimate of drug-likeness (QED) is 0.815. The van der Waals surface area contributed by atoms with Crippen LogP contribution in [0.5, 0.6) is 0 Å². The monoisotopic (exact) mass is 344 g/mol. The molecule has 4 rings (SSSR count). The van der Waals surface area contributed by atoms with Crippen LogP contribution in [0.15, 0.2) is 11.6 Å². The number of carbonyl (C=O) groups is 2. The van der Waals surface area contributed by atoms with E-state index in [1.807, 2.05) is 6.08 Å². The Morgan fingerprint density at radius 3 is 2.56 bits per heavy atom. The lowest BCUT2D eigenvalue weighted by molar-refractivity contribution is -0.164. The summed E-state index contributed by atoms with van der Waals surface area (Å²) in [5.41, 5.74) is 0.209. The first-order valence-electron chi connectivity index (χ1n) is 10.3. The van der Waals surface area contributed by atoms with Gasteiger partial charge in [-0.25, -0.2) is 0 Å². The van der Waals surface area contributed by atoms with E-state index < -0.39 is 5.60 Å². The van der Waals surface area contributed by atoms with Gasteiger partial charge in [0.05, 0.1) is 0 Å². The molecule has 0 amide bonds. The van der Waals surface area contributed by atoms with Gasteiger partial charge in [0.1, 0.15) is 5.60 Å². The lowest BCUT2D eigenvalue weighted by Crippen LogP contribution is -2.58. The molecule has 4 aliphatic carbocycles. The van der Waals surface area contributed by atoms with Gasteiger partial charge in [0.15, 0.2) is 11.6 Å². The fraction of sp³-hybridized carbons (Fsp3) is 0.818. The van der Waals surface area contributed by atoms with E-state index in [2.05, 4.69) is 13.8 Å². The number of rotatable bonds is 2. The first kappa shape index (κ1) is 17.5. The standard InChI is InChI=1S/C22H32O3/c1-4-21-11-8-18-17(19(21)9-12-22(21,25)14(2)23)6-5-15-13-16(24)7-10-20(15,18)3/h13,17-19,25H,4-12H2,1-3H3/t17-,18+,19+,20+,21+,22+/m1/s1. The van der Waals surface area contributed by atoms with Crippen LogP contribution in [0, 0.1) is 28.6 Å². The number of hydrogen-bond acceptors (Lipinski definition) is 3. The van der Waals surface area contributed by atoms with Crippen LogP contribution in [0.1, 0.15) is 78.6 Å². The van der Waals surface area contributed by atoms with Crippen LogP contribution in [-0.4, -0.2) is 22.3 Å². The largest absolute Gasteiger partial charge is 0.381 e. The molecule has 6 atom stereocenters. The Balaban J connectivity index is 1.72. The van der Waals surface area contributed by atoms with Gasteiger partial charge in [-0.15, -0.1) is 0 Å². The summed E-state index contributed by atoms with van der Waals surface area (Å²) in [4.78, 5) is 24.3. The van der Waals surface area contributed by atoms with E-state index in [0.717, 1.165) is 44.9 Å². The Hall–Kier alpha value is -0.960. The number of carbonyl (C=O) groups excluding carboxylic acids is 2. The summed E-state index contributed by atoms with van der Waals surface area (Å²) in [5, 5.41) is 11.3. The maximum Gasteiger partial charge on any atom is 0.161 e. The fourth-order valence-electron chi connectivity index (χ4n) is 7.65. The molecular formula is C22H32O3. The van der Waals surface area contributed by atoms with E-state index in [0.29, 0.717) is 36.4 Å². The average molecular weight is 344 g/mol. The van der Waals surface area contributed by atoms with Gasteiger partial charge in [0.2, 0.25) is 0 Å². The van der Waals surface area contributed by atoms with Gasteiger partial charge in [-0.05, 0) is 87.5 Å². The van der Waals surface area contributed by atoms with Gasteiger partial charge >= 0.3 is 0 Å². The predicted molar refractivity (Wildman–Crippen MR) is 97.0 cm³/mol. The second kappa shape index (κ2) is 5.52. The van der Waals surface area contributed by atoms with Gasteiger partial charge in [-0.3, -0.25) is 9.59 Å². The molecule has 0 aromatic rings. The lowest BCUT2D eigenvalue weighted by atomic mass is 9.45. The minimum Gasteiger partial charge on any atom is -0.381 e. The smallest absolute Gasteiger partial charge is 0.161 e. The van der Waals surface area contributed by atoms with Crippen LogP contribution in [0.4, 0.5) is 0 Å². The zero-order chi connectivity index (χ0) is 18.0. The van der Waals surface area contributed by atoms with E-state index in [4.69, 9.17) is 0 Å². The number of fused-ring (bicyclic) bond motifs is 5. The van der Waals surface area contributed by atoms with Crippen LogP contribution in [0.2, 0.25) is 0 Å². The van der Waals surface area contributed by atoms with Crippen molar-refractivity contribution in [3.63, 3.8) is 0 Å². The molecule has 0 aliphatic heterocycles. The fourth-order valence-corrected chi connectivity index (χ4v) is 7.65. The highest BCUT2D eigenvalue weighted by Gasteiger charge is 2.66. The van der Waals surface area contributed by atoms with Crippen molar-refractivity contribution in [2.45, 2.75) is 84.2 Å². The Morgan fingerprint density at radius 2 is 1.88 bits per heavy atom. The molecule has 0 saturated heterocycles. The van der Waals surface area contributed by atoms with Crippen LogP contribution < -0.4 is 0 Å². The first-order chi connectivity index (χ1) is 11.8. The molecule has 4 aliphatic rings. The highest BCUT2D eigenvalue weighted by molar-refractivity contribution is 5.91. The summed E-state index contributed by atoms with van der Waals surface area (Å²) in [6, 6.07) is 0. The minimum atomic E-state index is -1.11. The van der Waals surface area contributed by atoms with Gasteiger partial charge in [-0.1, -0.05) is 19.4 Å². The summed E-state index contributed by atoms with van der Waals surface area (Å²) in [7, 11) is 0. The third-order valence-electron chi connectivity index (χ3n) is 9.02. The molecule has 0 aromatic carbocycles. The maximum absolute atomic E-state index is 12.4. The van der Waals surface area contributed by atoms with E-state index in [1.54, 1.807) is 6.92 Å². The number of Topliss-reactive ketones (excluding diaryl/α,β-unsaturated/α-hetero) is 1. The second-order valence-corrected chi connectivity index (χ2v) is 9.47. The molecule has 0 heterocycles. The highest BCUT2D eigenvalue weighted by atomic mass is 16.3. The third kappa shape index (κ3) is 2.08. The van der Waals surface area contributed by atoms with E-state index in [1.165, 1.54) is 5.57 Å². The molecule has 3 nitrogen and oxygen atoms in total. The van der Waals surface area contributed by atoms with Gasteiger partial charge in [0.25, 0.3) is 0 Å². The number of aliphatic hydroxyl groups is 1. The molecule has 1 N–H and O–H groups in total. The molecule has 0 aromatic heterocycles. The third-order valence-corrected chi connectivity index (χ3v) is 9.02. The molecule has 3 fully saturated rings. The summed E-state index contributed by atoms with van der Waals surface area (Å²) in [6.45, 7) is 6.14. The van der Waals surface area contributed by atoms with Crippen molar-refractivity contribution >= 4 is 11.6 Å². The average Bonchev–Trinajstić information content (AvgIpc) is 2.90. The second-order valence-electron chi connectivity index (χ2n) is 9.47. The zero-order valence-electron chi connectivity index (χ0n) is 15.9. The molecule has 25 heavy (non-hydrogen) atoms. The van der Waals surface area contributed by atoms with E-state index in [9.17, 15) is 14.7 Å². The molecule has 3 heteroatoms. The Morgan fingerprint density at radius 1 is 1.16 bits per heavy atom. The van der Waals surface area contributed by atoms with E-state index in [-0.39, 0.29) is 16.6 Å². The summed E-state index contributed by atoms with van der Waals surface area (Å²) >= 11 is 0. The Bertz CT molecular complexity index is 650. The van der Waals surface area contributed by atoms with Crippen molar-refractivity contribution in [1.29, 1.82) is 0 Å². The number of allylic oxidation sites excluding steroid dienone is 1. The molecule has 0 radical (unpaired) electrons.